The minimum absolute atomic E-state index is 0.0528. The number of nitrogens with one attached hydrogen (secondary N) is 1. The maximum absolute atomic E-state index is 14.6. The summed E-state index contributed by atoms with van der Waals surface area (Å²) in [7, 11) is 2.96. The van der Waals surface area contributed by atoms with E-state index in [1.807, 2.05) is 18.2 Å². The predicted octanol–water partition coefficient (Wildman–Crippen LogP) is 5.58. The normalized spacial score (nSPS) is 16.4. The van der Waals surface area contributed by atoms with Gasteiger partial charge in [-0.05, 0) is 69.5 Å². The Morgan fingerprint density at radius 1 is 0.900 bits per heavy atom. The number of methoxy groups -OCH3 is 2. The molecule has 0 atom stereocenters. The summed E-state index contributed by atoms with van der Waals surface area (Å²) in [4.78, 5) is 36.4. The van der Waals surface area contributed by atoms with Crippen LogP contribution in [0.3, 0.4) is 0 Å². The number of piperidine rings is 2. The maximum atomic E-state index is 14.6. The van der Waals surface area contributed by atoms with Gasteiger partial charge in [-0.3, -0.25) is 9.59 Å². The average Bonchev–Trinajstić information content (AvgIpc) is 3.12. The van der Waals surface area contributed by atoms with Crippen molar-refractivity contribution < 1.29 is 42.1 Å². The van der Waals surface area contributed by atoms with Crippen molar-refractivity contribution in [1.82, 2.24) is 14.9 Å². The van der Waals surface area contributed by atoms with Gasteiger partial charge in [0.15, 0.2) is 17.3 Å². The highest BCUT2D eigenvalue weighted by Crippen LogP contribution is 2.37. The van der Waals surface area contributed by atoms with Crippen molar-refractivity contribution in [2.75, 3.05) is 63.8 Å². The van der Waals surface area contributed by atoms with Crippen LogP contribution in [-0.4, -0.2) is 86.5 Å². The largest absolute Gasteiger partial charge is 0.495 e. The van der Waals surface area contributed by atoms with Crippen molar-refractivity contribution in [3.05, 3.63) is 59.4 Å². The number of esters is 2. The molecule has 0 spiro atoms. The van der Waals surface area contributed by atoms with Crippen molar-refractivity contribution in [3.8, 4) is 17.2 Å². The first kappa shape index (κ1) is 36.6. The second-order valence-electron chi connectivity index (χ2n) is 12.9. The van der Waals surface area contributed by atoms with Gasteiger partial charge in [0.2, 0.25) is 5.95 Å². The van der Waals surface area contributed by atoms with Crippen molar-refractivity contribution in [1.29, 1.82) is 0 Å². The molecular formula is C36H45F2N5O7. The third-order valence-corrected chi connectivity index (χ3v) is 9.45. The van der Waals surface area contributed by atoms with E-state index in [1.54, 1.807) is 7.11 Å². The van der Waals surface area contributed by atoms with E-state index in [-0.39, 0.29) is 59.8 Å². The zero-order chi connectivity index (χ0) is 35.8. The van der Waals surface area contributed by atoms with E-state index in [9.17, 15) is 18.4 Å². The summed E-state index contributed by atoms with van der Waals surface area (Å²) in [6.45, 7) is 7.92. The third-order valence-electron chi connectivity index (χ3n) is 9.45. The van der Waals surface area contributed by atoms with Crippen LogP contribution in [0.15, 0.2) is 36.7 Å². The number of hydrogen-bond donors (Lipinski definition) is 1. The maximum Gasteiger partial charge on any atom is 0.302 e. The topological polar surface area (TPSA) is 125 Å². The zero-order valence-corrected chi connectivity index (χ0v) is 29.2. The molecule has 3 heterocycles. The highest BCUT2D eigenvalue weighted by Gasteiger charge is 2.39. The molecule has 0 aliphatic carbocycles. The monoisotopic (exact) mass is 697 g/mol. The standard InChI is InChI=1S/C36H45F2N5O7/c1-23-16-32(47-5)34(38)29(33(23)37)20-48-28-18-39-35(40-19-28)41-26-6-7-30(31(17-26)46-4)43-12-8-27(9-13-43)42-14-10-36(11-15-42,21-49-24(2)44)22-50-25(3)45/h6-7,16-19,27H,8-15,20-22H2,1-5H3,(H,39,40,41). The van der Waals surface area contributed by atoms with E-state index in [0.29, 0.717) is 17.7 Å². The summed E-state index contributed by atoms with van der Waals surface area (Å²) in [6.07, 6.45) is 6.41. The van der Waals surface area contributed by atoms with Crippen molar-refractivity contribution in [2.45, 2.75) is 59.1 Å². The van der Waals surface area contributed by atoms with E-state index in [0.717, 1.165) is 63.2 Å². The fraction of sp³-hybridized carbons (Fsp3) is 0.500. The van der Waals surface area contributed by atoms with Crippen molar-refractivity contribution >= 4 is 29.3 Å². The number of aryl methyl sites for hydroxylation is 1. The first-order chi connectivity index (χ1) is 24.0. The molecule has 2 aliphatic heterocycles. The van der Waals surface area contributed by atoms with Crippen LogP contribution in [0.2, 0.25) is 0 Å². The summed E-state index contributed by atoms with van der Waals surface area (Å²) in [5.74, 6) is -0.931. The quantitative estimate of drug-likeness (QED) is 0.224. The SMILES string of the molecule is COc1cc(Nc2ncc(OCc3c(F)c(C)cc(OC)c3F)cn2)ccc1N1CCC(N2CCC(COC(C)=O)(COC(C)=O)CC2)CC1. The number of likely N-dealkylation sites (tertiary alicyclic amines) is 1. The molecule has 2 aromatic carbocycles. The number of carbonyl (C=O) groups is 2. The van der Waals surface area contributed by atoms with E-state index < -0.39 is 11.6 Å². The molecule has 0 bridgehead atoms. The number of carbonyl (C=O) groups excluding carboxylic acids is 2. The van der Waals surface area contributed by atoms with Crippen LogP contribution in [0.25, 0.3) is 0 Å². The Kier molecular flexibility index (Phi) is 11.9. The number of nitrogens with zero attached hydrogens (tertiary/aromatic N) is 4. The van der Waals surface area contributed by atoms with Gasteiger partial charge in [-0.15, -0.1) is 0 Å². The van der Waals surface area contributed by atoms with Gasteiger partial charge in [-0.1, -0.05) is 0 Å². The molecule has 14 heteroatoms. The number of rotatable bonds is 13. The van der Waals surface area contributed by atoms with Crippen LogP contribution < -0.4 is 24.4 Å². The van der Waals surface area contributed by atoms with E-state index in [2.05, 4.69) is 25.1 Å². The first-order valence-electron chi connectivity index (χ1n) is 16.7. The van der Waals surface area contributed by atoms with Gasteiger partial charge in [0, 0.05) is 50.1 Å². The fourth-order valence-corrected chi connectivity index (χ4v) is 6.51. The Balaban J connectivity index is 1.14. The lowest BCUT2D eigenvalue weighted by atomic mass is 9.79. The molecule has 50 heavy (non-hydrogen) atoms. The van der Waals surface area contributed by atoms with E-state index in [4.69, 9.17) is 23.7 Å². The smallest absolute Gasteiger partial charge is 0.302 e. The molecule has 270 valence electrons. The molecule has 12 nitrogen and oxygen atoms in total. The van der Waals surface area contributed by atoms with Crippen LogP contribution in [0.5, 0.6) is 17.2 Å². The number of ether oxygens (including phenoxy) is 5. The molecule has 0 radical (unpaired) electrons. The Bertz CT molecular complexity index is 1620. The molecule has 2 fully saturated rings. The van der Waals surface area contributed by atoms with E-state index >= 15 is 0 Å². The highest BCUT2D eigenvalue weighted by atomic mass is 19.1. The lowest BCUT2D eigenvalue weighted by Crippen LogP contribution is -2.51. The van der Waals surface area contributed by atoms with Crippen LogP contribution in [-0.2, 0) is 25.7 Å². The van der Waals surface area contributed by atoms with Crippen molar-refractivity contribution in [2.24, 2.45) is 5.41 Å². The second-order valence-corrected chi connectivity index (χ2v) is 12.9. The molecule has 1 N–H and O–H groups in total. The van der Waals surface area contributed by atoms with Crippen LogP contribution in [0.4, 0.5) is 26.1 Å². The molecule has 0 amide bonds. The number of hydrogen-bond acceptors (Lipinski definition) is 12. The Hall–Kier alpha value is -4.72. The molecular weight excluding hydrogens is 652 g/mol. The van der Waals surface area contributed by atoms with Crippen LogP contribution in [0.1, 0.15) is 50.7 Å². The third kappa shape index (κ3) is 8.89. The number of benzene rings is 2. The van der Waals surface area contributed by atoms with Crippen molar-refractivity contribution in [3.63, 3.8) is 0 Å². The second kappa shape index (κ2) is 16.3. The minimum atomic E-state index is -0.808. The zero-order valence-electron chi connectivity index (χ0n) is 29.2. The molecule has 1 aromatic heterocycles. The molecule has 0 saturated carbocycles. The summed E-state index contributed by atoms with van der Waals surface area (Å²) in [6, 6.07) is 7.57. The summed E-state index contributed by atoms with van der Waals surface area (Å²) < 4.78 is 56.2. The van der Waals surface area contributed by atoms with Gasteiger partial charge in [0.1, 0.15) is 31.4 Å². The van der Waals surface area contributed by atoms with Gasteiger partial charge in [-0.2, -0.15) is 0 Å². The average molecular weight is 698 g/mol. The lowest BCUT2D eigenvalue weighted by molar-refractivity contribution is -0.154. The van der Waals surface area contributed by atoms with Crippen LogP contribution in [0, 0.1) is 24.0 Å². The molecule has 2 saturated heterocycles. The van der Waals surface area contributed by atoms with Gasteiger partial charge < -0.3 is 38.8 Å². The highest BCUT2D eigenvalue weighted by molar-refractivity contribution is 5.68. The van der Waals surface area contributed by atoms with Gasteiger partial charge in [0.05, 0.1) is 37.9 Å². The Labute approximate surface area is 291 Å². The lowest BCUT2D eigenvalue weighted by Gasteiger charge is -2.46. The summed E-state index contributed by atoms with van der Waals surface area (Å²) >= 11 is 0. The predicted molar refractivity (Wildman–Crippen MR) is 182 cm³/mol. The minimum Gasteiger partial charge on any atom is -0.495 e. The van der Waals surface area contributed by atoms with Gasteiger partial charge >= 0.3 is 11.9 Å². The Morgan fingerprint density at radius 3 is 2.10 bits per heavy atom. The number of aromatic nitrogens is 2. The fourth-order valence-electron chi connectivity index (χ4n) is 6.51. The molecule has 3 aromatic rings. The van der Waals surface area contributed by atoms with Gasteiger partial charge in [0.25, 0.3) is 0 Å². The van der Waals surface area contributed by atoms with E-state index in [1.165, 1.54) is 46.3 Å². The number of anilines is 3. The summed E-state index contributed by atoms with van der Waals surface area (Å²) in [5.41, 5.74) is 1.39. The first-order valence-corrected chi connectivity index (χ1v) is 16.7. The Morgan fingerprint density at radius 2 is 1.52 bits per heavy atom. The summed E-state index contributed by atoms with van der Waals surface area (Å²) in [5, 5.41) is 3.16. The molecule has 0 unspecified atom stereocenters. The molecule has 5 rings (SSSR count). The molecule has 2 aliphatic rings. The van der Waals surface area contributed by atoms with Crippen LogP contribution >= 0.6 is 0 Å². The van der Waals surface area contributed by atoms with Gasteiger partial charge in [-0.25, -0.2) is 18.7 Å². The number of halogens is 2.